The van der Waals surface area contributed by atoms with Crippen LogP contribution < -0.4 is 14.2 Å². The second kappa shape index (κ2) is 10.3. The van der Waals surface area contributed by atoms with Gasteiger partial charge in [-0.3, -0.25) is 0 Å². The number of ether oxygens (including phenoxy) is 3. The molecule has 0 radical (unpaired) electrons. The molecule has 3 aromatic rings. The largest absolute Gasteiger partial charge is 0.493 e. The van der Waals surface area contributed by atoms with Gasteiger partial charge in [-0.05, 0) is 37.6 Å². The minimum absolute atomic E-state index is 0.453. The summed E-state index contributed by atoms with van der Waals surface area (Å²) in [5, 5.41) is 0.741. The Labute approximate surface area is 171 Å². The number of rotatable bonds is 10. The van der Waals surface area contributed by atoms with Crippen LogP contribution in [0, 0.1) is 0 Å². The van der Waals surface area contributed by atoms with Crippen LogP contribution in [-0.4, -0.2) is 37.4 Å². The molecule has 0 saturated carbocycles. The van der Waals surface area contributed by atoms with E-state index in [4.69, 9.17) is 23.3 Å². The molecular formula is C21H25N2O5P. The van der Waals surface area contributed by atoms with Gasteiger partial charge in [-0.2, -0.15) is 0 Å². The Morgan fingerprint density at radius 2 is 1.52 bits per heavy atom. The van der Waals surface area contributed by atoms with E-state index in [-0.39, 0.29) is 0 Å². The first-order valence-electron chi connectivity index (χ1n) is 9.35. The molecule has 0 aliphatic carbocycles. The van der Waals surface area contributed by atoms with Crippen molar-refractivity contribution in [2.45, 2.75) is 20.0 Å². The lowest BCUT2D eigenvalue weighted by Crippen LogP contribution is -1.96. The van der Waals surface area contributed by atoms with Crippen molar-refractivity contribution in [1.82, 2.24) is 9.97 Å². The molecule has 0 aliphatic rings. The van der Waals surface area contributed by atoms with E-state index in [1.807, 2.05) is 44.2 Å². The third-order valence-corrected chi connectivity index (χ3v) is 5.82. The van der Waals surface area contributed by atoms with Gasteiger partial charge in [-0.25, -0.2) is 9.97 Å². The van der Waals surface area contributed by atoms with Crippen LogP contribution in [0.3, 0.4) is 0 Å². The van der Waals surface area contributed by atoms with Crippen LogP contribution in [0.4, 0.5) is 0 Å². The molecule has 0 amide bonds. The van der Waals surface area contributed by atoms with Gasteiger partial charge in [-0.1, -0.05) is 12.1 Å². The van der Waals surface area contributed by atoms with Crippen LogP contribution in [0.5, 0.6) is 23.1 Å². The van der Waals surface area contributed by atoms with Gasteiger partial charge in [0.15, 0.2) is 19.9 Å². The maximum absolute atomic E-state index is 6.01. The van der Waals surface area contributed by atoms with E-state index in [0.717, 1.165) is 17.1 Å². The third kappa shape index (κ3) is 5.32. The Kier molecular flexibility index (Phi) is 7.58. The predicted molar refractivity (Wildman–Crippen MR) is 113 cm³/mol. The van der Waals surface area contributed by atoms with Crippen molar-refractivity contribution in [3.8, 4) is 23.1 Å². The molecule has 29 heavy (non-hydrogen) atoms. The van der Waals surface area contributed by atoms with Gasteiger partial charge in [0, 0.05) is 12.2 Å². The Morgan fingerprint density at radius 1 is 0.862 bits per heavy atom. The van der Waals surface area contributed by atoms with Gasteiger partial charge < -0.3 is 23.3 Å². The number of aromatic nitrogens is 2. The summed E-state index contributed by atoms with van der Waals surface area (Å²) in [6, 6.07) is 11.5. The molecule has 0 aliphatic heterocycles. The molecule has 0 atom stereocenters. The Balaban J connectivity index is 1.80. The van der Waals surface area contributed by atoms with Crippen molar-refractivity contribution in [1.29, 1.82) is 0 Å². The third-order valence-electron chi connectivity index (χ3n) is 4.10. The first kappa shape index (κ1) is 21.2. The molecule has 0 N–H and O–H groups in total. The van der Waals surface area contributed by atoms with Gasteiger partial charge in [-0.15, -0.1) is 0 Å². The van der Waals surface area contributed by atoms with Crippen LogP contribution >= 0.6 is 8.38 Å². The maximum Gasteiger partial charge on any atom is 0.230 e. The van der Waals surface area contributed by atoms with E-state index in [9.17, 15) is 0 Å². The number of methoxy groups -OCH3 is 2. The smallest absolute Gasteiger partial charge is 0.230 e. The summed E-state index contributed by atoms with van der Waals surface area (Å²) in [7, 11) is 2.26. The van der Waals surface area contributed by atoms with E-state index in [2.05, 4.69) is 9.97 Å². The molecule has 2 aromatic carbocycles. The summed E-state index contributed by atoms with van der Waals surface area (Å²) < 4.78 is 28.1. The average Bonchev–Trinajstić information content (AvgIpc) is 2.74. The van der Waals surface area contributed by atoms with Crippen LogP contribution in [0.15, 0.2) is 42.7 Å². The number of hydrogen-bond acceptors (Lipinski definition) is 7. The fourth-order valence-corrected chi connectivity index (χ4v) is 4.12. The average molecular weight is 416 g/mol. The van der Waals surface area contributed by atoms with E-state index >= 15 is 0 Å². The lowest BCUT2D eigenvalue weighted by Gasteiger charge is -2.16. The van der Waals surface area contributed by atoms with Gasteiger partial charge in [0.1, 0.15) is 12.1 Å². The minimum atomic E-state index is -0.916. The maximum atomic E-state index is 6.01. The van der Waals surface area contributed by atoms with Gasteiger partial charge >= 0.3 is 0 Å². The molecule has 1 aromatic heterocycles. The minimum Gasteiger partial charge on any atom is -0.493 e. The summed E-state index contributed by atoms with van der Waals surface area (Å²) in [6.07, 6.45) is 2.21. The first-order chi connectivity index (χ1) is 14.2. The molecule has 3 rings (SSSR count). The van der Waals surface area contributed by atoms with Crippen molar-refractivity contribution in [2.24, 2.45) is 0 Å². The molecule has 7 nitrogen and oxygen atoms in total. The number of nitrogens with zero attached hydrogens (tertiary/aromatic N) is 2. The van der Waals surface area contributed by atoms with E-state index in [1.165, 1.54) is 6.33 Å². The monoisotopic (exact) mass is 416 g/mol. The highest BCUT2D eigenvalue weighted by Gasteiger charge is 2.13. The normalized spacial score (nSPS) is 11.1. The summed E-state index contributed by atoms with van der Waals surface area (Å²) in [5.41, 5.74) is 1.84. The summed E-state index contributed by atoms with van der Waals surface area (Å²) >= 11 is 0. The van der Waals surface area contributed by atoms with Crippen LogP contribution in [0.2, 0.25) is 0 Å². The fraction of sp³-hybridized carbons (Fsp3) is 0.333. The highest BCUT2D eigenvalue weighted by molar-refractivity contribution is 7.46. The molecular weight excluding hydrogens is 391 g/mol. The number of benzene rings is 2. The summed E-state index contributed by atoms with van der Waals surface area (Å²) in [5.74, 6) is 2.33. The van der Waals surface area contributed by atoms with E-state index in [1.54, 1.807) is 20.3 Å². The molecule has 0 fully saturated rings. The summed E-state index contributed by atoms with van der Waals surface area (Å²) in [6.45, 7) is 5.23. The second-order valence-electron chi connectivity index (χ2n) is 5.98. The van der Waals surface area contributed by atoms with E-state index < -0.39 is 8.38 Å². The Morgan fingerprint density at radius 3 is 2.14 bits per heavy atom. The molecule has 1 heterocycles. The molecule has 8 heteroatoms. The molecule has 0 saturated heterocycles. The highest BCUT2D eigenvalue weighted by atomic mass is 31.2. The standard InChI is InChI=1S/C21H25N2O5P/c1-5-26-29(27-6-2)13-15-7-9-16(10-8-15)28-21-17-11-19(24-3)20(25-4)12-18(17)22-14-23-21/h7-12,14H,5-6,13H2,1-4H3. The van der Waals surface area contributed by atoms with Crippen molar-refractivity contribution in [3.63, 3.8) is 0 Å². The molecule has 0 spiro atoms. The van der Waals surface area contributed by atoms with Crippen LogP contribution in [-0.2, 0) is 15.2 Å². The van der Waals surface area contributed by atoms with Crippen LogP contribution in [0.25, 0.3) is 10.9 Å². The Hall–Kier alpha value is -2.47. The Bertz CT molecular complexity index is 930. The van der Waals surface area contributed by atoms with Crippen LogP contribution in [0.1, 0.15) is 19.4 Å². The summed E-state index contributed by atoms with van der Waals surface area (Å²) in [4.78, 5) is 8.58. The van der Waals surface area contributed by atoms with Gasteiger partial charge in [0.25, 0.3) is 0 Å². The zero-order chi connectivity index (χ0) is 20.6. The SMILES string of the molecule is CCOP(Cc1ccc(Oc2ncnc3cc(OC)c(OC)cc23)cc1)OCC. The first-order valence-corrected chi connectivity index (χ1v) is 10.7. The molecule has 0 bridgehead atoms. The number of hydrogen-bond donors (Lipinski definition) is 0. The molecule has 154 valence electrons. The quantitative estimate of drug-likeness (QED) is 0.414. The lowest BCUT2D eigenvalue weighted by molar-refractivity contribution is 0.268. The van der Waals surface area contributed by atoms with Crippen molar-refractivity contribution >= 4 is 19.3 Å². The fourth-order valence-electron chi connectivity index (χ4n) is 2.78. The van der Waals surface area contributed by atoms with Gasteiger partial charge in [0.05, 0.1) is 38.3 Å². The zero-order valence-electron chi connectivity index (χ0n) is 17.0. The highest BCUT2D eigenvalue weighted by Crippen LogP contribution is 2.42. The zero-order valence-corrected chi connectivity index (χ0v) is 17.9. The molecule has 0 unspecified atom stereocenters. The van der Waals surface area contributed by atoms with Gasteiger partial charge in [0.2, 0.25) is 5.88 Å². The second-order valence-corrected chi connectivity index (χ2v) is 7.47. The lowest BCUT2D eigenvalue weighted by atomic mass is 10.2. The van der Waals surface area contributed by atoms with Crippen molar-refractivity contribution in [2.75, 3.05) is 27.4 Å². The predicted octanol–water partition coefficient (Wildman–Crippen LogP) is 5.32. The van der Waals surface area contributed by atoms with E-state index in [0.29, 0.717) is 41.9 Å². The number of fused-ring (bicyclic) bond motifs is 1. The topological polar surface area (TPSA) is 71.9 Å². The van der Waals surface area contributed by atoms with Crippen molar-refractivity contribution in [3.05, 3.63) is 48.3 Å². The van der Waals surface area contributed by atoms with Crippen molar-refractivity contribution < 1.29 is 23.3 Å².